The molecule has 0 heterocycles. The molecule has 2 aliphatic carbocycles. The Morgan fingerprint density at radius 1 is 1.32 bits per heavy atom. The van der Waals surface area contributed by atoms with Crippen molar-refractivity contribution in [2.24, 2.45) is 5.73 Å². The first-order chi connectivity index (χ1) is 11.5. The molecule has 2 N–H and O–H groups in total. The van der Waals surface area contributed by atoms with Gasteiger partial charge in [0.05, 0.1) is 5.56 Å². The fourth-order valence-electron chi connectivity index (χ4n) is 3.58. The highest BCUT2D eigenvalue weighted by Crippen LogP contribution is 2.55. The molecule has 0 aromatic heterocycles. The highest BCUT2D eigenvalue weighted by molar-refractivity contribution is 5.65. The van der Waals surface area contributed by atoms with Crippen LogP contribution in [0, 0.1) is 0 Å². The van der Waals surface area contributed by atoms with Crippen molar-refractivity contribution in [1.29, 1.82) is 0 Å². The lowest BCUT2D eigenvalue weighted by Gasteiger charge is -2.38. The molecule has 0 saturated heterocycles. The van der Waals surface area contributed by atoms with Gasteiger partial charge < -0.3 is 10.5 Å². The van der Waals surface area contributed by atoms with E-state index in [-0.39, 0.29) is 0 Å². The molecule has 138 valence electrons. The molecule has 0 unspecified atom stereocenters. The van der Waals surface area contributed by atoms with E-state index in [9.17, 15) is 18.0 Å². The highest BCUT2D eigenvalue weighted by atomic mass is 19.4. The Morgan fingerprint density at radius 2 is 1.96 bits per heavy atom. The second kappa shape index (κ2) is 5.90. The monoisotopic (exact) mass is 356 g/mol. The Balaban J connectivity index is 1.88. The maximum absolute atomic E-state index is 13.1. The summed E-state index contributed by atoms with van der Waals surface area (Å²) < 4.78 is 44.4. The van der Waals surface area contributed by atoms with E-state index in [0.29, 0.717) is 18.2 Å². The van der Waals surface area contributed by atoms with Crippen LogP contribution in [0.4, 0.5) is 18.0 Å². The van der Waals surface area contributed by atoms with Crippen LogP contribution < -0.4 is 5.73 Å². The van der Waals surface area contributed by atoms with Crippen molar-refractivity contribution in [2.75, 3.05) is 6.54 Å². The average molecular weight is 356 g/mol. The minimum atomic E-state index is -4.36. The largest absolute Gasteiger partial charge is 0.442 e. The number of carbonyl (C=O) groups is 1. The van der Waals surface area contributed by atoms with Gasteiger partial charge in [-0.2, -0.15) is 13.2 Å². The van der Waals surface area contributed by atoms with Gasteiger partial charge in [-0.1, -0.05) is 12.1 Å². The molecule has 2 aliphatic rings. The Hall–Kier alpha value is -1.76. The first kappa shape index (κ1) is 18.0. The number of hydrogen-bond donors (Lipinski definition) is 1. The number of primary amides is 1. The third-order valence-corrected chi connectivity index (χ3v) is 4.92. The summed E-state index contributed by atoms with van der Waals surface area (Å²) in [6.07, 6.45) is -1.58. The number of nitrogens with two attached hydrogens (primary N) is 1. The molecule has 0 atom stereocenters. The molecule has 0 spiro atoms. The zero-order valence-electron chi connectivity index (χ0n) is 14.4. The maximum Gasteiger partial charge on any atom is 0.416 e. The summed E-state index contributed by atoms with van der Waals surface area (Å²) in [4.78, 5) is 13.3. The van der Waals surface area contributed by atoms with Crippen molar-refractivity contribution in [3.8, 4) is 0 Å². The molecule has 1 aromatic rings. The van der Waals surface area contributed by atoms with Crippen LogP contribution in [0.1, 0.15) is 50.7 Å². The van der Waals surface area contributed by atoms with Crippen molar-refractivity contribution < 1.29 is 22.7 Å². The zero-order chi connectivity index (χ0) is 18.5. The SMILES string of the molecule is CC(C)(CN(C1CC1)C1(c2cccc(C(F)(F)F)c2)CC1)OC(N)=O. The summed E-state index contributed by atoms with van der Waals surface area (Å²) in [6.45, 7) is 3.99. The van der Waals surface area contributed by atoms with Gasteiger partial charge in [-0.15, -0.1) is 0 Å². The molecule has 0 radical (unpaired) electrons. The smallest absolute Gasteiger partial charge is 0.416 e. The summed E-state index contributed by atoms with van der Waals surface area (Å²) in [5.74, 6) is 0. The fourth-order valence-corrected chi connectivity index (χ4v) is 3.58. The van der Waals surface area contributed by atoms with Crippen LogP contribution in [0.25, 0.3) is 0 Å². The predicted molar refractivity (Wildman–Crippen MR) is 86.8 cm³/mol. The van der Waals surface area contributed by atoms with Crippen LogP contribution in [-0.4, -0.2) is 29.2 Å². The van der Waals surface area contributed by atoms with Crippen LogP contribution in [0.15, 0.2) is 24.3 Å². The molecule has 2 fully saturated rings. The number of amides is 1. The molecule has 1 amide bonds. The van der Waals surface area contributed by atoms with E-state index < -0.39 is 29.0 Å². The number of alkyl halides is 3. The van der Waals surface area contributed by atoms with Gasteiger partial charge in [-0.05, 0) is 57.2 Å². The lowest BCUT2D eigenvalue weighted by Crippen LogP contribution is -2.48. The fraction of sp³-hybridized carbons (Fsp3) is 0.611. The molecule has 7 heteroatoms. The van der Waals surface area contributed by atoms with Gasteiger partial charge in [-0.3, -0.25) is 4.90 Å². The van der Waals surface area contributed by atoms with Crippen LogP contribution in [0.5, 0.6) is 0 Å². The van der Waals surface area contributed by atoms with Gasteiger partial charge in [0.25, 0.3) is 0 Å². The molecule has 4 nitrogen and oxygen atoms in total. The third kappa shape index (κ3) is 3.92. The normalized spacial score (nSPS) is 19.8. The topological polar surface area (TPSA) is 55.6 Å². The number of ether oxygens (including phenoxy) is 1. The molecular formula is C18H23F3N2O2. The lowest BCUT2D eigenvalue weighted by atomic mass is 9.97. The Morgan fingerprint density at radius 3 is 2.44 bits per heavy atom. The van der Waals surface area contributed by atoms with Gasteiger partial charge >= 0.3 is 12.3 Å². The first-order valence-electron chi connectivity index (χ1n) is 8.46. The quantitative estimate of drug-likeness (QED) is 0.837. The number of hydrogen-bond acceptors (Lipinski definition) is 3. The van der Waals surface area contributed by atoms with Crippen LogP contribution in [0.3, 0.4) is 0 Å². The van der Waals surface area contributed by atoms with E-state index in [4.69, 9.17) is 10.5 Å². The molecule has 25 heavy (non-hydrogen) atoms. The standard InChI is InChI=1S/C18H23F3N2O2/c1-16(2,25-15(22)24)11-23(14-6-7-14)17(8-9-17)12-4-3-5-13(10-12)18(19,20)21/h3-5,10,14H,6-9,11H2,1-2H3,(H2,22,24). The molecule has 0 aliphatic heterocycles. The van der Waals surface area contributed by atoms with Gasteiger partial charge in [0.1, 0.15) is 5.60 Å². The maximum atomic E-state index is 13.1. The van der Waals surface area contributed by atoms with Crippen LogP contribution in [-0.2, 0) is 16.5 Å². The van der Waals surface area contributed by atoms with E-state index in [2.05, 4.69) is 4.90 Å². The summed E-state index contributed by atoms with van der Waals surface area (Å²) in [5.41, 5.74) is 4.00. The molecule has 2 saturated carbocycles. The number of carbonyl (C=O) groups excluding carboxylic acids is 1. The summed E-state index contributed by atoms with van der Waals surface area (Å²) in [7, 11) is 0. The number of rotatable bonds is 6. The molecule has 3 rings (SSSR count). The summed E-state index contributed by atoms with van der Waals surface area (Å²) in [5, 5.41) is 0. The van der Waals surface area contributed by atoms with Gasteiger partial charge in [0.15, 0.2) is 0 Å². The van der Waals surface area contributed by atoms with Crippen molar-refractivity contribution in [1.82, 2.24) is 4.90 Å². The van der Waals surface area contributed by atoms with Gasteiger partial charge in [-0.25, -0.2) is 4.79 Å². The van der Waals surface area contributed by atoms with E-state index in [1.54, 1.807) is 19.9 Å². The minimum absolute atomic E-state index is 0.313. The number of halogens is 3. The zero-order valence-corrected chi connectivity index (χ0v) is 14.4. The highest BCUT2D eigenvalue weighted by Gasteiger charge is 2.55. The van der Waals surface area contributed by atoms with E-state index in [0.717, 1.165) is 31.7 Å². The predicted octanol–water partition coefficient (Wildman–Crippen LogP) is 4.03. The molecule has 0 bridgehead atoms. The first-order valence-corrected chi connectivity index (χ1v) is 8.46. The second-order valence-corrected chi connectivity index (χ2v) is 7.65. The Labute approximate surface area is 145 Å². The number of nitrogens with zero attached hydrogens (tertiary/aromatic N) is 1. The Bertz CT molecular complexity index is 665. The second-order valence-electron chi connectivity index (χ2n) is 7.65. The molecular weight excluding hydrogens is 333 g/mol. The summed E-state index contributed by atoms with van der Waals surface area (Å²) >= 11 is 0. The third-order valence-electron chi connectivity index (χ3n) is 4.92. The van der Waals surface area contributed by atoms with E-state index in [1.807, 2.05) is 0 Å². The number of benzene rings is 1. The molecule has 1 aromatic carbocycles. The van der Waals surface area contributed by atoms with Gasteiger partial charge in [0, 0.05) is 18.1 Å². The van der Waals surface area contributed by atoms with Crippen LogP contribution >= 0.6 is 0 Å². The van der Waals surface area contributed by atoms with Crippen molar-refractivity contribution in [3.05, 3.63) is 35.4 Å². The minimum Gasteiger partial charge on any atom is -0.442 e. The Kier molecular flexibility index (Phi) is 4.26. The van der Waals surface area contributed by atoms with Crippen molar-refractivity contribution >= 4 is 6.09 Å². The van der Waals surface area contributed by atoms with Crippen molar-refractivity contribution in [3.63, 3.8) is 0 Å². The van der Waals surface area contributed by atoms with E-state index >= 15 is 0 Å². The van der Waals surface area contributed by atoms with Crippen LogP contribution in [0.2, 0.25) is 0 Å². The average Bonchev–Trinajstić information content (AvgIpc) is 3.35. The van der Waals surface area contributed by atoms with Crippen molar-refractivity contribution in [2.45, 2.75) is 62.9 Å². The van der Waals surface area contributed by atoms with Gasteiger partial charge in [0.2, 0.25) is 0 Å². The summed E-state index contributed by atoms with van der Waals surface area (Å²) in [6, 6.07) is 5.90. The lowest BCUT2D eigenvalue weighted by molar-refractivity contribution is -0.137. The van der Waals surface area contributed by atoms with E-state index in [1.165, 1.54) is 12.1 Å².